The first kappa shape index (κ1) is 31.9. The van der Waals surface area contributed by atoms with Crippen LogP contribution >= 0.6 is 0 Å². The van der Waals surface area contributed by atoms with Gasteiger partial charge in [-0.2, -0.15) is 4.99 Å². The molecule has 0 saturated carbocycles. The number of hydrogen-bond donors (Lipinski definition) is 2. The number of ether oxygens (including phenoxy) is 4. The Morgan fingerprint density at radius 3 is 2.30 bits per heavy atom. The fraction of sp³-hybridized carbons (Fsp3) is 0.448. The lowest BCUT2D eigenvalue weighted by molar-refractivity contribution is -0.305. The molecule has 1 unspecified atom stereocenters. The smallest absolute Gasteiger partial charge is 0.436 e. The van der Waals surface area contributed by atoms with Crippen molar-refractivity contribution >= 4 is 29.6 Å². The van der Waals surface area contributed by atoms with Crippen molar-refractivity contribution in [2.45, 2.75) is 65.5 Å². The average molecular weight is 557 g/mol. The van der Waals surface area contributed by atoms with E-state index in [0.29, 0.717) is 47.8 Å². The molecule has 0 heterocycles. The van der Waals surface area contributed by atoms with E-state index in [1.807, 2.05) is 6.92 Å². The molecule has 11 heteroatoms. The number of anilines is 1. The second-order valence-electron chi connectivity index (χ2n) is 9.69. The van der Waals surface area contributed by atoms with Crippen LogP contribution in [0.4, 0.5) is 10.5 Å². The Bertz CT molecular complexity index is 1170. The van der Waals surface area contributed by atoms with Crippen LogP contribution in [0.2, 0.25) is 0 Å². The van der Waals surface area contributed by atoms with Gasteiger partial charge in [0.25, 0.3) is 0 Å². The summed E-state index contributed by atoms with van der Waals surface area (Å²) in [7, 11) is 0. The van der Waals surface area contributed by atoms with Crippen molar-refractivity contribution in [3.63, 3.8) is 0 Å². The van der Waals surface area contributed by atoms with Crippen LogP contribution in [0.15, 0.2) is 47.5 Å². The van der Waals surface area contributed by atoms with Crippen molar-refractivity contribution in [3.8, 4) is 11.5 Å². The highest BCUT2D eigenvalue weighted by Gasteiger charge is 2.26. The van der Waals surface area contributed by atoms with E-state index in [9.17, 15) is 19.5 Å². The number of rotatable bonds is 14. The van der Waals surface area contributed by atoms with Crippen molar-refractivity contribution in [2.24, 2.45) is 10.7 Å². The van der Waals surface area contributed by atoms with Gasteiger partial charge in [-0.25, -0.2) is 9.59 Å². The van der Waals surface area contributed by atoms with E-state index in [2.05, 4.69) is 10.3 Å². The third-order valence-corrected chi connectivity index (χ3v) is 5.26. The third kappa shape index (κ3) is 10.8. The SMILES string of the molecule is CCOC(=O)C(Nc1ccc(/C(N)=N\C(=O)OC(C)(C)C)cc1)c1cc(OCC)ccc1OCCCCC(=O)[O-]. The molecular weight excluding hydrogens is 518 g/mol. The number of amides is 1. The summed E-state index contributed by atoms with van der Waals surface area (Å²) in [6, 6.07) is 10.8. The summed E-state index contributed by atoms with van der Waals surface area (Å²) in [6.45, 7) is 9.59. The maximum Gasteiger partial charge on any atom is 0.436 e. The number of nitrogens with two attached hydrogens (primary N) is 1. The topological polar surface area (TPSA) is 162 Å². The van der Waals surface area contributed by atoms with E-state index in [1.54, 1.807) is 70.2 Å². The molecule has 1 amide bonds. The van der Waals surface area contributed by atoms with Crippen LogP contribution in [0, 0.1) is 0 Å². The van der Waals surface area contributed by atoms with Crippen molar-refractivity contribution in [3.05, 3.63) is 53.6 Å². The molecule has 1 atom stereocenters. The van der Waals surface area contributed by atoms with Crippen LogP contribution in [-0.2, 0) is 19.1 Å². The molecule has 2 rings (SSSR count). The summed E-state index contributed by atoms with van der Waals surface area (Å²) in [4.78, 5) is 39.5. The normalized spacial score (nSPS) is 12.3. The Morgan fingerprint density at radius 2 is 1.70 bits per heavy atom. The maximum atomic E-state index is 13.1. The largest absolute Gasteiger partial charge is 0.550 e. The van der Waals surface area contributed by atoms with Gasteiger partial charge in [-0.3, -0.25) is 0 Å². The Kier molecular flexibility index (Phi) is 12.3. The lowest BCUT2D eigenvalue weighted by atomic mass is 10.0. The van der Waals surface area contributed by atoms with Crippen LogP contribution < -0.4 is 25.6 Å². The summed E-state index contributed by atoms with van der Waals surface area (Å²) in [5, 5.41) is 13.9. The zero-order chi connectivity index (χ0) is 29.7. The maximum absolute atomic E-state index is 13.1. The van der Waals surface area contributed by atoms with Crippen molar-refractivity contribution < 1.29 is 38.4 Å². The zero-order valence-electron chi connectivity index (χ0n) is 23.7. The van der Waals surface area contributed by atoms with Crippen molar-refractivity contribution in [2.75, 3.05) is 25.1 Å². The minimum absolute atomic E-state index is 0.0125. The van der Waals surface area contributed by atoms with Crippen LogP contribution in [0.5, 0.6) is 11.5 Å². The monoisotopic (exact) mass is 556 g/mol. The highest BCUT2D eigenvalue weighted by Crippen LogP contribution is 2.33. The first-order valence-corrected chi connectivity index (χ1v) is 13.1. The number of nitrogens with zero attached hydrogens (tertiary/aromatic N) is 1. The molecule has 0 aromatic heterocycles. The molecule has 2 aromatic carbocycles. The average Bonchev–Trinajstić information content (AvgIpc) is 2.87. The Balaban J connectivity index is 2.31. The fourth-order valence-corrected chi connectivity index (χ4v) is 3.53. The van der Waals surface area contributed by atoms with E-state index >= 15 is 0 Å². The second-order valence-corrected chi connectivity index (χ2v) is 9.69. The highest BCUT2D eigenvalue weighted by atomic mass is 16.6. The standard InChI is InChI=1S/C29H39N3O8/c1-6-37-21-15-16-23(39-17-9-8-10-24(33)34)22(18-21)25(27(35)38-7-2)31-20-13-11-19(12-14-20)26(30)32-28(36)40-29(3,4)5/h11-16,18,25,31H,6-10,17H2,1-5H3,(H,33,34)(H2,30,32,36)/p-1. The van der Waals surface area contributed by atoms with E-state index in [-0.39, 0.29) is 25.5 Å². The molecule has 0 saturated heterocycles. The Morgan fingerprint density at radius 1 is 1.00 bits per heavy atom. The molecule has 3 N–H and O–H groups in total. The number of unbranched alkanes of at least 4 members (excludes halogenated alkanes) is 1. The van der Waals surface area contributed by atoms with Crippen LogP contribution in [-0.4, -0.2) is 49.3 Å². The number of carboxylic acids is 1. The first-order chi connectivity index (χ1) is 18.9. The molecule has 0 fully saturated rings. The Hall–Kier alpha value is -4.28. The van der Waals surface area contributed by atoms with Crippen LogP contribution in [0.1, 0.15) is 71.0 Å². The minimum Gasteiger partial charge on any atom is -0.550 e. The van der Waals surface area contributed by atoms with Gasteiger partial charge in [0.2, 0.25) is 0 Å². The van der Waals surface area contributed by atoms with Gasteiger partial charge in [-0.1, -0.05) is 0 Å². The molecule has 218 valence electrons. The van der Waals surface area contributed by atoms with Crippen LogP contribution in [0.25, 0.3) is 0 Å². The van der Waals surface area contributed by atoms with Crippen LogP contribution in [0.3, 0.4) is 0 Å². The minimum atomic E-state index is -1.11. The fourth-order valence-electron chi connectivity index (χ4n) is 3.53. The van der Waals surface area contributed by atoms with Crippen molar-refractivity contribution in [1.29, 1.82) is 0 Å². The molecule has 0 aliphatic rings. The molecule has 2 aromatic rings. The first-order valence-electron chi connectivity index (χ1n) is 13.1. The summed E-state index contributed by atoms with van der Waals surface area (Å²) in [5.41, 5.74) is 6.82. The van der Waals surface area contributed by atoms with E-state index in [4.69, 9.17) is 24.7 Å². The summed E-state index contributed by atoms with van der Waals surface area (Å²) >= 11 is 0. The number of carbonyl (C=O) groups is 3. The number of carbonyl (C=O) groups excluding carboxylic acids is 3. The zero-order valence-corrected chi connectivity index (χ0v) is 23.7. The molecule has 0 aliphatic carbocycles. The summed E-state index contributed by atoms with van der Waals surface area (Å²) < 4.78 is 22.1. The lowest BCUT2D eigenvalue weighted by Crippen LogP contribution is -2.25. The molecule has 40 heavy (non-hydrogen) atoms. The number of esters is 1. The predicted octanol–water partition coefficient (Wildman–Crippen LogP) is 3.74. The van der Waals surface area contributed by atoms with E-state index in [0.717, 1.165) is 0 Å². The molecular formula is C29H38N3O8-. The number of carboxylic acid groups (broad SMARTS) is 1. The number of amidine groups is 1. The molecule has 0 aliphatic heterocycles. The van der Waals surface area contributed by atoms with E-state index < -0.39 is 29.7 Å². The number of nitrogens with one attached hydrogen (secondary N) is 1. The molecule has 0 radical (unpaired) electrons. The lowest BCUT2D eigenvalue weighted by Gasteiger charge is -2.22. The third-order valence-electron chi connectivity index (χ3n) is 5.26. The second kappa shape index (κ2) is 15.3. The molecule has 0 spiro atoms. The summed E-state index contributed by atoms with van der Waals surface area (Å²) in [6.07, 6.45) is 0.0402. The number of benzene rings is 2. The van der Waals surface area contributed by atoms with Gasteiger partial charge in [0, 0.05) is 22.8 Å². The van der Waals surface area contributed by atoms with Gasteiger partial charge < -0.3 is 39.9 Å². The quantitative estimate of drug-likeness (QED) is 0.152. The van der Waals surface area contributed by atoms with Crippen molar-refractivity contribution in [1.82, 2.24) is 0 Å². The molecule has 11 nitrogen and oxygen atoms in total. The molecule has 0 bridgehead atoms. The van der Waals surface area contributed by atoms with E-state index in [1.165, 1.54) is 0 Å². The highest BCUT2D eigenvalue weighted by molar-refractivity contribution is 6.03. The predicted molar refractivity (Wildman–Crippen MR) is 148 cm³/mol. The number of aliphatic carboxylic acids is 1. The summed E-state index contributed by atoms with van der Waals surface area (Å²) in [5.74, 6) is -0.695. The number of aliphatic imine (C=N–C) groups is 1. The van der Waals surface area contributed by atoms with Gasteiger partial charge in [-0.05, 0) is 96.3 Å². The van der Waals surface area contributed by atoms with Gasteiger partial charge >= 0.3 is 12.1 Å². The number of hydrogen-bond acceptors (Lipinski definition) is 9. The van der Waals surface area contributed by atoms with Gasteiger partial charge in [0.1, 0.15) is 22.9 Å². The van der Waals surface area contributed by atoms with Gasteiger partial charge in [-0.15, -0.1) is 0 Å². The van der Waals surface area contributed by atoms with Gasteiger partial charge in [0.05, 0.1) is 19.8 Å². The Labute approximate surface area is 234 Å². The van der Waals surface area contributed by atoms with Gasteiger partial charge in [0.15, 0.2) is 6.04 Å².